The fourth-order valence-electron chi connectivity index (χ4n) is 1.23. The van der Waals surface area contributed by atoms with Crippen LogP contribution in [-0.4, -0.2) is 16.6 Å². The number of benzene rings is 1. The van der Waals surface area contributed by atoms with Crippen molar-refractivity contribution >= 4 is 27.4 Å². The van der Waals surface area contributed by atoms with Gasteiger partial charge in [-0.25, -0.2) is 0 Å². The van der Waals surface area contributed by atoms with Crippen LogP contribution < -0.4 is 0 Å². The lowest BCUT2D eigenvalue weighted by Crippen LogP contribution is -1.96. The number of hydrogen-bond donors (Lipinski definition) is 1. The van der Waals surface area contributed by atoms with Crippen LogP contribution in [0.3, 0.4) is 0 Å². The topological polar surface area (TPSA) is 49.7 Å². The largest absolute Gasteiger partial charge is 0.507 e. The Labute approximate surface area is 114 Å². The third-order valence-electron chi connectivity index (χ3n) is 2.08. The molecule has 0 atom stereocenters. The molecule has 18 heavy (non-hydrogen) atoms. The number of rotatable bonds is 5. The molecule has 92 valence electrons. The monoisotopic (exact) mass is 305 g/mol. The molecule has 3 nitrogen and oxygen atoms in total. The highest BCUT2D eigenvalue weighted by Gasteiger charge is 2.08. The second-order valence-corrected chi connectivity index (χ2v) is 4.22. The zero-order valence-electron chi connectivity index (χ0n) is 9.64. The molecule has 0 saturated heterocycles. The molecule has 0 bridgehead atoms. The first-order chi connectivity index (χ1) is 8.58. The van der Waals surface area contributed by atoms with Gasteiger partial charge in [0.1, 0.15) is 5.75 Å². The van der Waals surface area contributed by atoms with E-state index in [2.05, 4.69) is 34.1 Å². The summed E-state index contributed by atoms with van der Waals surface area (Å²) in [6.45, 7) is 7.02. The zero-order valence-corrected chi connectivity index (χ0v) is 11.2. The van der Waals surface area contributed by atoms with Gasteiger partial charge in [0.15, 0.2) is 5.78 Å². The highest BCUT2D eigenvalue weighted by atomic mass is 79.9. The lowest BCUT2D eigenvalue weighted by Gasteiger charge is -2.00. The minimum absolute atomic E-state index is 0.0614. The average molecular weight is 306 g/mol. The highest BCUT2D eigenvalue weighted by Crippen LogP contribution is 2.22. The van der Waals surface area contributed by atoms with Gasteiger partial charge in [0.2, 0.25) is 0 Å². The number of hydrogen-bond acceptors (Lipinski definition) is 3. The van der Waals surface area contributed by atoms with E-state index in [-0.39, 0.29) is 17.1 Å². The normalized spacial score (nSPS) is 11.5. The van der Waals surface area contributed by atoms with Crippen molar-refractivity contribution in [3.8, 4) is 5.75 Å². The standard InChI is InChI=1S/C14H12BrNO2/c1-3-11(16-4-2)6-8-14(18)12-9-10(15)5-7-13(12)17/h3-9,17H,1-2H2/b8-6+,16-11?. The smallest absolute Gasteiger partial charge is 0.189 e. The Bertz CT molecular complexity index is 545. The molecule has 0 saturated carbocycles. The Morgan fingerprint density at radius 3 is 2.67 bits per heavy atom. The third kappa shape index (κ3) is 3.82. The van der Waals surface area contributed by atoms with Gasteiger partial charge >= 0.3 is 0 Å². The van der Waals surface area contributed by atoms with E-state index in [1.165, 1.54) is 30.5 Å². The number of carbonyl (C=O) groups is 1. The summed E-state index contributed by atoms with van der Waals surface area (Å²) in [5.41, 5.74) is 0.746. The Hall–Kier alpha value is -1.94. The second-order valence-electron chi connectivity index (χ2n) is 3.30. The fraction of sp³-hybridized carbons (Fsp3) is 0. The second kappa shape index (κ2) is 6.71. The summed E-state index contributed by atoms with van der Waals surface area (Å²) in [6, 6.07) is 4.67. The van der Waals surface area contributed by atoms with Crippen LogP contribution in [0.15, 0.2) is 65.3 Å². The lowest BCUT2D eigenvalue weighted by molar-refractivity contribution is 0.104. The zero-order chi connectivity index (χ0) is 13.5. The van der Waals surface area contributed by atoms with E-state index >= 15 is 0 Å². The number of phenols is 1. The molecule has 0 spiro atoms. The first-order valence-corrected chi connectivity index (χ1v) is 5.90. The maximum Gasteiger partial charge on any atom is 0.189 e. The van der Waals surface area contributed by atoms with Crippen molar-refractivity contribution in [2.45, 2.75) is 0 Å². The number of aliphatic imine (C=N–C) groups is 1. The van der Waals surface area contributed by atoms with Gasteiger partial charge in [0, 0.05) is 10.7 Å². The van der Waals surface area contributed by atoms with Gasteiger partial charge in [-0.15, -0.1) is 0 Å². The molecular formula is C14H12BrNO2. The molecule has 1 N–H and O–H groups in total. The van der Waals surface area contributed by atoms with Crippen LogP contribution in [0.4, 0.5) is 0 Å². The molecule has 4 heteroatoms. The van der Waals surface area contributed by atoms with E-state index in [4.69, 9.17) is 0 Å². The first kappa shape index (κ1) is 14.1. The lowest BCUT2D eigenvalue weighted by atomic mass is 10.1. The summed E-state index contributed by atoms with van der Waals surface area (Å²) in [5.74, 6) is -0.374. The van der Waals surface area contributed by atoms with Crippen molar-refractivity contribution in [1.29, 1.82) is 0 Å². The van der Waals surface area contributed by atoms with Crippen molar-refractivity contribution < 1.29 is 9.90 Å². The van der Waals surface area contributed by atoms with Crippen LogP contribution in [0, 0.1) is 0 Å². The van der Waals surface area contributed by atoms with Crippen molar-refractivity contribution in [3.05, 3.63) is 65.8 Å². The van der Waals surface area contributed by atoms with E-state index in [0.29, 0.717) is 5.71 Å². The Morgan fingerprint density at radius 1 is 1.33 bits per heavy atom. The third-order valence-corrected chi connectivity index (χ3v) is 2.57. The summed E-state index contributed by atoms with van der Waals surface area (Å²) >= 11 is 3.24. The molecule has 0 fully saturated rings. The van der Waals surface area contributed by atoms with Gasteiger partial charge in [-0.1, -0.05) is 29.1 Å². The van der Waals surface area contributed by atoms with Gasteiger partial charge in [-0.3, -0.25) is 9.79 Å². The molecular weight excluding hydrogens is 294 g/mol. The van der Waals surface area contributed by atoms with E-state index in [9.17, 15) is 9.90 Å². The van der Waals surface area contributed by atoms with Crippen molar-refractivity contribution in [3.63, 3.8) is 0 Å². The van der Waals surface area contributed by atoms with Crippen molar-refractivity contribution in [2.24, 2.45) is 4.99 Å². The number of ketones is 1. The summed E-state index contributed by atoms with van der Waals surface area (Å²) in [4.78, 5) is 15.8. The Morgan fingerprint density at radius 2 is 2.06 bits per heavy atom. The van der Waals surface area contributed by atoms with Gasteiger partial charge in [-0.2, -0.15) is 0 Å². The molecule has 0 aliphatic carbocycles. The molecule has 1 rings (SSSR count). The highest BCUT2D eigenvalue weighted by molar-refractivity contribution is 9.10. The van der Waals surface area contributed by atoms with Crippen LogP contribution >= 0.6 is 15.9 Å². The molecule has 0 aromatic heterocycles. The number of carbonyl (C=O) groups excluding carboxylic acids is 1. The summed E-state index contributed by atoms with van der Waals surface area (Å²) in [5, 5.41) is 9.59. The molecule has 0 aliphatic heterocycles. The summed E-state index contributed by atoms with van der Waals surface area (Å²) < 4.78 is 0.723. The van der Waals surface area contributed by atoms with Crippen LogP contribution in [0.1, 0.15) is 10.4 Å². The molecule has 1 aromatic carbocycles. The maximum absolute atomic E-state index is 11.9. The predicted octanol–water partition coefficient (Wildman–Crippen LogP) is 3.66. The number of halogens is 1. The molecule has 0 heterocycles. The maximum atomic E-state index is 11.9. The summed E-state index contributed by atoms with van der Waals surface area (Å²) in [6.07, 6.45) is 5.71. The van der Waals surface area contributed by atoms with Crippen LogP contribution in [0.5, 0.6) is 5.75 Å². The Kier molecular flexibility index (Phi) is 5.27. The molecule has 0 unspecified atom stereocenters. The van der Waals surface area contributed by atoms with Gasteiger partial charge < -0.3 is 5.11 Å². The number of phenolic OH excluding ortho intramolecular Hbond substituents is 1. The minimum Gasteiger partial charge on any atom is -0.507 e. The molecule has 0 aliphatic rings. The van der Waals surface area contributed by atoms with Crippen LogP contribution in [0.25, 0.3) is 0 Å². The number of allylic oxidation sites excluding steroid dienone is 3. The SMILES string of the molecule is C=CN=C(C=C)/C=C/C(=O)c1cc(Br)ccc1O. The summed E-state index contributed by atoms with van der Waals surface area (Å²) in [7, 11) is 0. The Balaban J connectivity index is 2.98. The van der Waals surface area contributed by atoms with E-state index < -0.39 is 0 Å². The van der Waals surface area contributed by atoms with Crippen molar-refractivity contribution in [1.82, 2.24) is 0 Å². The quantitative estimate of drug-likeness (QED) is 0.513. The number of nitrogens with zero attached hydrogens (tertiary/aromatic N) is 1. The molecule has 0 radical (unpaired) electrons. The van der Waals surface area contributed by atoms with E-state index in [1.54, 1.807) is 12.1 Å². The first-order valence-electron chi connectivity index (χ1n) is 5.10. The predicted molar refractivity (Wildman–Crippen MR) is 77.1 cm³/mol. The minimum atomic E-state index is -0.313. The molecule has 1 aromatic rings. The van der Waals surface area contributed by atoms with Crippen LogP contribution in [0.2, 0.25) is 0 Å². The average Bonchev–Trinajstić information content (AvgIpc) is 2.37. The van der Waals surface area contributed by atoms with Gasteiger partial charge in [-0.05, 0) is 36.4 Å². The van der Waals surface area contributed by atoms with Crippen LogP contribution in [-0.2, 0) is 0 Å². The van der Waals surface area contributed by atoms with E-state index in [1.807, 2.05) is 0 Å². The van der Waals surface area contributed by atoms with Gasteiger partial charge in [0.25, 0.3) is 0 Å². The van der Waals surface area contributed by atoms with Crippen molar-refractivity contribution in [2.75, 3.05) is 0 Å². The fourth-order valence-corrected chi connectivity index (χ4v) is 1.59. The van der Waals surface area contributed by atoms with Gasteiger partial charge in [0.05, 0.1) is 11.3 Å². The molecule has 0 amide bonds. The number of aromatic hydroxyl groups is 1. The van der Waals surface area contributed by atoms with E-state index in [0.717, 1.165) is 4.47 Å².